The van der Waals surface area contributed by atoms with Gasteiger partial charge in [0.25, 0.3) is 10.0 Å². The molecule has 0 aliphatic heterocycles. The summed E-state index contributed by atoms with van der Waals surface area (Å²) in [7, 11) is -4.14. The van der Waals surface area contributed by atoms with Gasteiger partial charge in [0.2, 0.25) is 11.8 Å². The molecule has 218 valence electrons. The molecule has 0 aromatic heterocycles. The highest BCUT2D eigenvalue weighted by molar-refractivity contribution is 7.92. The van der Waals surface area contributed by atoms with E-state index in [4.69, 9.17) is 11.6 Å². The molecule has 0 aliphatic carbocycles. The van der Waals surface area contributed by atoms with Crippen LogP contribution in [-0.4, -0.2) is 44.3 Å². The van der Waals surface area contributed by atoms with E-state index in [0.29, 0.717) is 22.8 Å². The van der Waals surface area contributed by atoms with Crippen LogP contribution in [0.4, 0.5) is 5.69 Å². The van der Waals surface area contributed by atoms with Crippen molar-refractivity contribution in [3.05, 3.63) is 131 Å². The van der Waals surface area contributed by atoms with Gasteiger partial charge in [-0.1, -0.05) is 96.0 Å². The van der Waals surface area contributed by atoms with E-state index in [1.54, 1.807) is 66.7 Å². The number of anilines is 1. The molecule has 0 spiro atoms. The van der Waals surface area contributed by atoms with Gasteiger partial charge in [-0.3, -0.25) is 13.9 Å². The van der Waals surface area contributed by atoms with Crippen LogP contribution in [0.1, 0.15) is 23.6 Å². The van der Waals surface area contributed by atoms with Crippen molar-refractivity contribution in [3.8, 4) is 0 Å². The lowest BCUT2D eigenvalue weighted by atomic mass is 10.0. The summed E-state index contributed by atoms with van der Waals surface area (Å²) in [4.78, 5) is 29.3. The molecule has 0 unspecified atom stereocenters. The number of carbonyl (C=O) groups excluding carboxylic acids is 2. The Morgan fingerprint density at radius 3 is 2.05 bits per heavy atom. The number of para-hydroxylation sites is 1. The van der Waals surface area contributed by atoms with Gasteiger partial charge in [0.15, 0.2) is 0 Å². The Kier molecular flexibility index (Phi) is 10.4. The molecule has 7 nitrogen and oxygen atoms in total. The summed E-state index contributed by atoms with van der Waals surface area (Å²) in [6, 6.07) is 30.6. The Balaban J connectivity index is 1.78. The van der Waals surface area contributed by atoms with E-state index >= 15 is 0 Å². The molecule has 4 aromatic rings. The molecular weight excluding hydrogens is 570 g/mol. The van der Waals surface area contributed by atoms with Crippen molar-refractivity contribution < 1.29 is 18.0 Å². The molecule has 0 saturated carbocycles. The number of sulfonamides is 1. The zero-order valence-corrected chi connectivity index (χ0v) is 25.2. The van der Waals surface area contributed by atoms with Crippen molar-refractivity contribution in [2.75, 3.05) is 17.4 Å². The smallest absolute Gasteiger partial charge is 0.264 e. The molecule has 0 heterocycles. The monoisotopic (exact) mass is 603 g/mol. The van der Waals surface area contributed by atoms with Gasteiger partial charge in [0, 0.05) is 24.5 Å². The second-order valence-corrected chi connectivity index (χ2v) is 12.1. The summed E-state index contributed by atoms with van der Waals surface area (Å²) < 4.78 is 29.0. The number of likely N-dealkylation sites (N-methyl/N-ethyl adjacent to an activating group) is 1. The van der Waals surface area contributed by atoms with Crippen molar-refractivity contribution in [1.82, 2.24) is 10.2 Å². The van der Waals surface area contributed by atoms with Crippen LogP contribution >= 0.6 is 11.6 Å². The maximum absolute atomic E-state index is 14.3. The largest absolute Gasteiger partial charge is 0.355 e. The Morgan fingerprint density at radius 2 is 1.43 bits per heavy atom. The van der Waals surface area contributed by atoms with E-state index in [1.165, 1.54) is 17.0 Å². The normalized spacial score (nSPS) is 11.9. The first-order valence-electron chi connectivity index (χ1n) is 13.7. The fourth-order valence-electron chi connectivity index (χ4n) is 4.62. The number of aryl methyl sites for hydroxylation is 1. The first-order chi connectivity index (χ1) is 20.2. The number of hydrogen-bond acceptors (Lipinski definition) is 4. The van der Waals surface area contributed by atoms with Crippen molar-refractivity contribution in [2.45, 2.75) is 37.8 Å². The Bertz CT molecular complexity index is 1600. The number of nitrogens with zero attached hydrogens (tertiary/aromatic N) is 2. The molecule has 1 atom stereocenters. The molecule has 0 radical (unpaired) electrons. The summed E-state index contributed by atoms with van der Waals surface area (Å²) in [6.07, 6.45) is 0.235. The van der Waals surface area contributed by atoms with E-state index in [0.717, 1.165) is 15.4 Å². The molecule has 0 fully saturated rings. The molecule has 0 aliphatic rings. The minimum Gasteiger partial charge on any atom is -0.355 e. The van der Waals surface area contributed by atoms with E-state index in [9.17, 15) is 18.0 Å². The van der Waals surface area contributed by atoms with Gasteiger partial charge in [0.1, 0.15) is 12.6 Å². The Hall–Kier alpha value is -4.14. The van der Waals surface area contributed by atoms with Gasteiger partial charge in [-0.25, -0.2) is 8.42 Å². The fourth-order valence-corrected chi connectivity index (χ4v) is 6.23. The first-order valence-corrected chi connectivity index (χ1v) is 15.5. The van der Waals surface area contributed by atoms with Crippen molar-refractivity contribution >= 4 is 39.1 Å². The van der Waals surface area contributed by atoms with Crippen molar-refractivity contribution in [3.63, 3.8) is 0 Å². The highest BCUT2D eigenvalue weighted by atomic mass is 35.5. The topological polar surface area (TPSA) is 86.8 Å². The lowest BCUT2D eigenvalue weighted by Gasteiger charge is -2.34. The van der Waals surface area contributed by atoms with Gasteiger partial charge in [-0.2, -0.15) is 0 Å². The summed E-state index contributed by atoms with van der Waals surface area (Å²) >= 11 is 6.50. The van der Waals surface area contributed by atoms with Crippen LogP contribution in [-0.2, 0) is 32.6 Å². The summed E-state index contributed by atoms with van der Waals surface area (Å²) in [6.45, 7) is 3.55. The molecule has 4 rings (SSSR count). The van der Waals surface area contributed by atoms with E-state index in [-0.39, 0.29) is 23.8 Å². The predicted molar refractivity (Wildman–Crippen MR) is 167 cm³/mol. The zero-order chi connectivity index (χ0) is 30.1. The summed E-state index contributed by atoms with van der Waals surface area (Å²) in [5, 5.41) is 3.29. The van der Waals surface area contributed by atoms with Crippen molar-refractivity contribution in [1.29, 1.82) is 0 Å². The average molecular weight is 604 g/mol. The minimum atomic E-state index is -4.14. The number of halogens is 1. The second kappa shape index (κ2) is 14.2. The average Bonchev–Trinajstić information content (AvgIpc) is 2.99. The Morgan fingerprint density at radius 1 is 0.833 bits per heavy atom. The maximum atomic E-state index is 14.3. The Labute approximate surface area is 252 Å². The predicted octanol–water partition coefficient (Wildman–Crippen LogP) is 5.62. The molecule has 0 bridgehead atoms. The van der Waals surface area contributed by atoms with E-state index in [1.807, 2.05) is 44.2 Å². The zero-order valence-electron chi connectivity index (χ0n) is 23.6. The maximum Gasteiger partial charge on any atom is 0.264 e. The number of nitrogens with one attached hydrogen (secondary N) is 1. The molecule has 1 N–H and O–H groups in total. The minimum absolute atomic E-state index is 0.0142. The summed E-state index contributed by atoms with van der Waals surface area (Å²) in [5.41, 5.74) is 2.75. The fraction of sp³-hybridized carbons (Fsp3) is 0.212. The third kappa shape index (κ3) is 7.57. The van der Waals surface area contributed by atoms with Crippen LogP contribution in [0.5, 0.6) is 0 Å². The van der Waals surface area contributed by atoms with Gasteiger partial charge in [0.05, 0.1) is 10.6 Å². The number of hydrogen-bond donors (Lipinski definition) is 1. The number of carbonyl (C=O) groups is 2. The SMILES string of the molecule is CCNC(=O)[C@H](Cc1ccccc1)N(Cc1ccccc1Cl)C(=O)CN(c1ccccc1)S(=O)(=O)c1ccc(C)cc1. The molecular formula is C33H34ClN3O4S. The molecule has 2 amide bonds. The summed E-state index contributed by atoms with van der Waals surface area (Å²) in [5.74, 6) is -0.879. The van der Waals surface area contributed by atoms with E-state index < -0.39 is 28.5 Å². The lowest BCUT2D eigenvalue weighted by Crippen LogP contribution is -2.53. The lowest BCUT2D eigenvalue weighted by molar-refractivity contribution is -0.140. The molecule has 42 heavy (non-hydrogen) atoms. The number of benzene rings is 4. The van der Waals surface area contributed by atoms with Gasteiger partial charge >= 0.3 is 0 Å². The second-order valence-electron chi connectivity index (χ2n) is 9.87. The highest BCUT2D eigenvalue weighted by Gasteiger charge is 2.34. The first kappa shape index (κ1) is 30.8. The highest BCUT2D eigenvalue weighted by Crippen LogP contribution is 2.26. The van der Waals surface area contributed by atoms with Crippen LogP contribution in [0.3, 0.4) is 0 Å². The van der Waals surface area contributed by atoms with Gasteiger partial charge < -0.3 is 10.2 Å². The van der Waals surface area contributed by atoms with Gasteiger partial charge in [-0.05, 0) is 55.3 Å². The van der Waals surface area contributed by atoms with Crippen LogP contribution < -0.4 is 9.62 Å². The number of rotatable bonds is 12. The van der Waals surface area contributed by atoms with E-state index in [2.05, 4.69) is 5.32 Å². The van der Waals surface area contributed by atoms with Crippen LogP contribution in [0.25, 0.3) is 0 Å². The third-order valence-electron chi connectivity index (χ3n) is 6.85. The van der Waals surface area contributed by atoms with Crippen LogP contribution in [0.15, 0.2) is 114 Å². The molecule has 0 saturated heterocycles. The molecule has 9 heteroatoms. The van der Waals surface area contributed by atoms with Gasteiger partial charge in [-0.15, -0.1) is 0 Å². The van der Waals surface area contributed by atoms with Crippen LogP contribution in [0, 0.1) is 6.92 Å². The van der Waals surface area contributed by atoms with Crippen LogP contribution in [0.2, 0.25) is 5.02 Å². The standard InChI is InChI=1S/C33H34ClN3O4S/c1-3-35-33(39)31(22-26-12-6-4-7-13-26)36(23-27-14-10-11-17-30(27)34)32(38)24-37(28-15-8-5-9-16-28)42(40,41)29-20-18-25(2)19-21-29/h4-21,31H,3,22-24H2,1-2H3,(H,35,39)/t31-/m0/s1. The third-order valence-corrected chi connectivity index (χ3v) is 9.01. The molecule has 4 aromatic carbocycles. The quantitative estimate of drug-likeness (QED) is 0.228. The number of amides is 2. The van der Waals surface area contributed by atoms with Crippen molar-refractivity contribution in [2.24, 2.45) is 0 Å².